The number of nitrogens with zero attached hydrogens (tertiary/aromatic N) is 4. The SMILES string of the molecule is N#Cc1nccnc1OC1CCCN(C(=O)c2cc3ccccc3s2)C1. The molecule has 1 saturated heterocycles. The molecule has 1 aromatic carbocycles. The summed E-state index contributed by atoms with van der Waals surface area (Å²) in [6.45, 7) is 1.19. The number of amides is 1. The zero-order chi connectivity index (χ0) is 17.9. The van der Waals surface area contributed by atoms with Gasteiger partial charge in [-0.3, -0.25) is 4.79 Å². The summed E-state index contributed by atoms with van der Waals surface area (Å²) in [7, 11) is 0. The molecule has 1 aliphatic rings. The second-order valence-corrected chi connectivity index (χ2v) is 7.19. The predicted octanol–water partition coefficient (Wildman–Crippen LogP) is 3.25. The summed E-state index contributed by atoms with van der Waals surface area (Å²) in [5, 5.41) is 10.2. The molecule has 1 unspecified atom stereocenters. The van der Waals surface area contributed by atoms with Crippen molar-refractivity contribution in [3.63, 3.8) is 0 Å². The Morgan fingerprint density at radius 1 is 1.31 bits per heavy atom. The highest BCUT2D eigenvalue weighted by atomic mass is 32.1. The normalized spacial score (nSPS) is 17.0. The van der Waals surface area contributed by atoms with Crippen LogP contribution in [0.1, 0.15) is 28.2 Å². The fourth-order valence-electron chi connectivity index (χ4n) is 3.11. The maximum atomic E-state index is 12.9. The van der Waals surface area contributed by atoms with Gasteiger partial charge in [0.2, 0.25) is 5.69 Å². The van der Waals surface area contributed by atoms with E-state index in [1.807, 2.05) is 41.3 Å². The first-order chi connectivity index (χ1) is 12.7. The Kier molecular flexibility index (Phi) is 4.50. The lowest BCUT2D eigenvalue weighted by molar-refractivity contribution is 0.0530. The van der Waals surface area contributed by atoms with Crippen molar-refractivity contribution in [1.82, 2.24) is 14.9 Å². The minimum atomic E-state index is -0.189. The van der Waals surface area contributed by atoms with E-state index in [0.717, 1.165) is 27.8 Å². The number of hydrogen-bond donors (Lipinski definition) is 0. The maximum absolute atomic E-state index is 12.9. The number of benzene rings is 1. The van der Waals surface area contributed by atoms with Crippen LogP contribution in [0.15, 0.2) is 42.7 Å². The van der Waals surface area contributed by atoms with E-state index >= 15 is 0 Å². The van der Waals surface area contributed by atoms with Crippen molar-refractivity contribution in [3.05, 3.63) is 53.3 Å². The first-order valence-corrected chi connectivity index (χ1v) is 9.22. The van der Waals surface area contributed by atoms with Gasteiger partial charge >= 0.3 is 0 Å². The topological polar surface area (TPSA) is 79.1 Å². The van der Waals surface area contributed by atoms with Gasteiger partial charge in [-0.25, -0.2) is 9.97 Å². The monoisotopic (exact) mass is 364 g/mol. The lowest BCUT2D eigenvalue weighted by Gasteiger charge is -2.32. The molecule has 0 radical (unpaired) electrons. The lowest BCUT2D eigenvalue weighted by atomic mass is 10.1. The molecule has 1 fully saturated rings. The van der Waals surface area contributed by atoms with E-state index in [1.54, 1.807) is 0 Å². The molecule has 2 aromatic heterocycles. The summed E-state index contributed by atoms with van der Waals surface area (Å²) in [6, 6.07) is 11.9. The first kappa shape index (κ1) is 16.5. The molecule has 26 heavy (non-hydrogen) atoms. The van der Waals surface area contributed by atoms with Crippen molar-refractivity contribution in [2.24, 2.45) is 0 Å². The Morgan fingerprint density at radius 2 is 2.15 bits per heavy atom. The highest BCUT2D eigenvalue weighted by Gasteiger charge is 2.27. The first-order valence-electron chi connectivity index (χ1n) is 8.40. The highest BCUT2D eigenvalue weighted by molar-refractivity contribution is 7.20. The maximum Gasteiger partial charge on any atom is 0.264 e. The number of aromatic nitrogens is 2. The highest BCUT2D eigenvalue weighted by Crippen LogP contribution is 2.27. The summed E-state index contributed by atoms with van der Waals surface area (Å²) < 4.78 is 6.98. The van der Waals surface area contributed by atoms with Crippen LogP contribution in [-0.2, 0) is 0 Å². The molecular weight excluding hydrogens is 348 g/mol. The summed E-state index contributed by atoms with van der Waals surface area (Å²) >= 11 is 1.51. The molecule has 0 bridgehead atoms. The Bertz CT molecular complexity index is 961. The van der Waals surface area contributed by atoms with Crippen LogP contribution >= 0.6 is 11.3 Å². The molecule has 1 atom stereocenters. The van der Waals surface area contributed by atoms with Crippen molar-refractivity contribution in [2.75, 3.05) is 13.1 Å². The summed E-state index contributed by atoms with van der Waals surface area (Å²) in [5.41, 5.74) is 0.167. The standard InChI is InChI=1S/C19H16N4O2S/c20-11-15-18(22-8-7-21-15)25-14-5-3-9-23(12-14)19(24)17-10-13-4-1-2-6-16(13)26-17/h1-2,4,6-8,10,14H,3,5,9,12H2. The number of hydrogen-bond acceptors (Lipinski definition) is 6. The van der Waals surface area contributed by atoms with Crippen molar-refractivity contribution >= 4 is 27.3 Å². The van der Waals surface area contributed by atoms with Gasteiger partial charge in [-0.05, 0) is 30.4 Å². The van der Waals surface area contributed by atoms with Gasteiger partial charge in [-0.15, -0.1) is 11.3 Å². The zero-order valence-corrected chi connectivity index (χ0v) is 14.8. The van der Waals surface area contributed by atoms with E-state index in [2.05, 4.69) is 9.97 Å². The van der Waals surface area contributed by atoms with Gasteiger partial charge in [0, 0.05) is 23.6 Å². The number of fused-ring (bicyclic) bond motifs is 1. The molecule has 3 heterocycles. The quantitative estimate of drug-likeness (QED) is 0.713. The minimum absolute atomic E-state index is 0.0270. The van der Waals surface area contributed by atoms with Gasteiger partial charge < -0.3 is 9.64 Å². The number of likely N-dealkylation sites (tertiary alicyclic amines) is 1. The second kappa shape index (κ2) is 7.10. The van der Waals surface area contributed by atoms with Crippen molar-refractivity contribution in [1.29, 1.82) is 5.26 Å². The molecule has 0 saturated carbocycles. The van der Waals surface area contributed by atoms with Crippen molar-refractivity contribution < 1.29 is 9.53 Å². The number of ether oxygens (including phenoxy) is 1. The number of piperidine rings is 1. The third-order valence-electron chi connectivity index (χ3n) is 4.35. The Labute approximate surface area is 154 Å². The Balaban J connectivity index is 1.49. The Hall–Kier alpha value is -2.98. The third kappa shape index (κ3) is 3.24. The molecular formula is C19H16N4O2S. The average molecular weight is 364 g/mol. The number of carbonyl (C=O) groups excluding carboxylic acids is 1. The van der Waals surface area contributed by atoms with E-state index in [9.17, 15) is 4.79 Å². The van der Waals surface area contributed by atoms with E-state index in [1.165, 1.54) is 23.7 Å². The van der Waals surface area contributed by atoms with Crippen molar-refractivity contribution in [3.8, 4) is 11.9 Å². The molecule has 6 nitrogen and oxygen atoms in total. The molecule has 3 aromatic rings. The smallest absolute Gasteiger partial charge is 0.264 e. The number of carbonyl (C=O) groups is 1. The lowest BCUT2D eigenvalue weighted by Crippen LogP contribution is -2.44. The van der Waals surface area contributed by atoms with Crippen LogP contribution in [0.5, 0.6) is 5.88 Å². The number of nitriles is 1. The van der Waals surface area contributed by atoms with Crippen LogP contribution < -0.4 is 4.74 Å². The van der Waals surface area contributed by atoms with Crippen LogP contribution in [0.2, 0.25) is 0 Å². The molecule has 1 aliphatic heterocycles. The van der Waals surface area contributed by atoms with Gasteiger partial charge in [-0.2, -0.15) is 5.26 Å². The third-order valence-corrected chi connectivity index (χ3v) is 5.45. The molecule has 130 valence electrons. The molecule has 0 N–H and O–H groups in total. The zero-order valence-electron chi connectivity index (χ0n) is 14.0. The van der Waals surface area contributed by atoms with Crippen LogP contribution in [0.4, 0.5) is 0 Å². The summed E-state index contributed by atoms with van der Waals surface area (Å²) in [4.78, 5) is 23.5. The van der Waals surface area contributed by atoms with Crippen LogP contribution in [0.25, 0.3) is 10.1 Å². The molecule has 4 rings (SSSR count). The molecule has 1 amide bonds. The van der Waals surface area contributed by atoms with E-state index in [-0.39, 0.29) is 23.6 Å². The summed E-state index contributed by atoms with van der Waals surface area (Å²) in [6.07, 6.45) is 4.44. The van der Waals surface area contributed by atoms with E-state index < -0.39 is 0 Å². The Morgan fingerprint density at radius 3 is 3.00 bits per heavy atom. The number of thiophene rings is 1. The van der Waals surface area contributed by atoms with Crippen LogP contribution in [0.3, 0.4) is 0 Å². The van der Waals surface area contributed by atoms with Crippen LogP contribution in [-0.4, -0.2) is 40.0 Å². The largest absolute Gasteiger partial charge is 0.470 e. The van der Waals surface area contributed by atoms with Crippen LogP contribution in [0, 0.1) is 11.3 Å². The minimum Gasteiger partial charge on any atom is -0.470 e. The van der Waals surface area contributed by atoms with Gasteiger partial charge in [0.25, 0.3) is 11.8 Å². The fourth-order valence-corrected chi connectivity index (χ4v) is 4.14. The van der Waals surface area contributed by atoms with Crippen molar-refractivity contribution in [2.45, 2.75) is 18.9 Å². The molecule has 7 heteroatoms. The van der Waals surface area contributed by atoms with E-state index in [0.29, 0.717) is 13.1 Å². The predicted molar refractivity (Wildman–Crippen MR) is 98.1 cm³/mol. The summed E-state index contributed by atoms with van der Waals surface area (Å²) in [5.74, 6) is 0.260. The van der Waals surface area contributed by atoms with Gasteiger partial charge in [0.05, 0.1) is 11.4 Å². The van der Waals surface area contributed by atoms with Gasteiger partial charge in [-0.1, -0.05) is 18.2 Å². The average Bonchev–Trinajstić information content (AvgIpc) is 3.12. The van der Waals surface area contributed by atoms with E-state index in [4.69, 9.17) is 10.00 Å². The molecule has 0 spiro atoms. The van der Waals surface area contributed by atoms with Gasteiger partial charge in [0.15, 0.2) is 0 Å². The molecule has 0 aliphatic carbocycles. The van der Waals surface area contributed by atoms with Gasteiger partial charge in [0.1, 0.15) is 12.2 Å². The second-order valence-electron chi connectivity index (χ2n) is 6.10. The fraction of sp³-hybridized carbons (Fsp3) is 0.263. The number of rotatable bonds is 3.